The minimum Gasteiger partial charge on any atom is -0.478 e. The van der Waals surface area contributed by atoms with E-state index in [2.05, 4.69) is 15.1 Å². The molecule has 27 heavy (non-hydrogen) atoms. The Labute approximate surface area is 154 Å². The van der Waals surface area contributed by atoms with E-state index in [1.54, 1.807) is 16.6 Å². The molecular weight excluding hydrogens is 342 g/mol. The molecule has 0 saturated heterocycles. The summed E-state index contributed by atoms with van der Waals surface area (Å²) in [7, 11) is 0. The smallest absolute Gasteiger partial charge is 0.335 e. The van der Waals surface area contributed by atoms with Gasteiger partial charge in [-0.3, -0.25) is 0 Å². The van der Waals surface area contributed by atoms with Gasteiger partial charge in [0.05, 0.1) is 5.56 Å². The first-order valence-corrected chi connectivity index (χ1v) is 8.82. The molecule has 0 radical (unpaired) electrons. The van der Waals surface area contributed by atoms with Gasteiger partial charge in [-0.1, -0.05) is 30.3 Å². The lowest BCUT2D eigenvalue weighted by atomic mass is 9.97. The van der Waals surface area contributed by atoms with Crippen molar-refractivity contribution in [2.75, 3.05) is 11.4 Å². The van der Waals surface area contributed by atoms with Crippen molar-refractivity contribution in [3.63, 3.8) is 0 Å². The van der Waals surface area contributed by atoms with Gasteiger partial charge in [0.2, 0.25) is 0 Å². The largest absolute Gasteiger partial charge is 0.478 e. The van der Waals surface area contributed by atoms with Crippen LogP contribution in [0.5, 0.6) is 0 Å². The Bertz CT molecular complexity index is 1210. The van der Waals surface area contributed by atoms with Crippen molar-refractivity contribution >= 4 is 28.2 Å². The average molecular weight is 359 g/mol. The Balaban J connectivity index is 1.66. The summed E-state index contributed by atoms with van der Waals surface area (Å²) in [5.74, 6) is 0.704. The number of hydrogen-bond donors (Lipinski definition) is 1. The first kappa shape index (κ1) is 15.7. The van der Waals surface area contributed by atoms with Crippen LogP contribution in [0.15, 0.2) is 42.5 Å². The second-order valence-electron chi connectivity index (χ2n) is 6.81. The average Bonchev–Trinajstić information content (AvgIpc) is 3.07. The highest BCUT2D eigenvalue weighted by atomic mass is 16.4. The number of aromatic carboxylic acids is 1. The molecule has 0 saturated carbocycles. The molecule has 2 aromatic heterocycles. The number of aromatic nitrogens is 4. The van der Waals surface area contributed by atoms with Crippen LogP contribution in [-0.4, -0.2) is 37.4 Å². The molecule has 0 fully saturated rings. The third-order valence-electron chi connectivity index (χ3n) is 5.17. The summed E-state index contributed by atoms with van der Waals surface area (Å²) in [6, 6.07) is 13.4. The predicted octanol–water partition coefficient (Wildman–Crippen LogP) is 2.85. The van der Waals surface area contributed by atoms with E-state index in [0.717, 1.165) is 46.6 Å². The summed E-state index contributed by atoms with van der Waals surface area (Å²) in [4.78, 5) is 13.5. The van der Waals surface area contributed by atoms with Gasteiger partial charge in [-0.05, 0) is 36.6 Å². The van der Waals surface area contributed by atoms with E-state index in [9.17, 15) is 9.90 Å². The maximum atomic E-state index is 11.3. The Kier molecular flexibility index (Phi) is 3.36. The number of benzene rings is 2. The number of carboxylic acid groups (broad SMARTS) is 1. The Morgan fingerprint density at radius 2 is 1.89 bits per heavy atom. The number of aryl methyl sites for hydroxylation is 1. The van der Waals surface area contributed by atoms with Crippen LogP contribution in [0.2, 0.25) is 0 Å². The van der Waals surface area contributed by atoms with E-state index in [1.165, 1.54) is 5.56 Å². The number of carbonyl (C=O) groups is 1. The van der Waals surface area contributed by atoms with Crippen molar-refractivity contribution in [3.05, 3.63) is 65.0 Å². The maximum Gasteiger partial charge on any atom is 0.335 e. The summed E-state index contributed by atoms with van der Waals surface area (Å²) in [6.07, 6.45) is 0.852. The molecule has 0 bridgehead atoms. The zero-order valence-electron chi connectivity index (χ0n) is 14.8. The molecule has 2 aromatic carbocycles. The third kappa shape index (κ3) is 2.43. The fraction of sp³-hybridized carbons (Fsp3) is 0.200. The van der Waals surface area contributed by atoms with Crippen molar-refractivity contribution in [2.24, 2.45) is 0 Å². The molecule has 0 amide bonds. The fourth-order valence-corrected chi connectivity index (χ4v) is 3.77. The molecule has 1 aliphatic rings. The first-order chi connectivity index (χ1) is 13.1. The monoisotopic (exact) mass is 359 g/mol. The molecule has 1 aliphatic heterocycles. The molecule has 7 heteroatoms. The van der Waals surface area contributed by atoms with Crippen LogP contribution in [0.3, 0.4) is 0 Å². The van der Waals surface area contributed by atoms with Crippen LogP contribution in [0, 0.1) is 6.92 Å². The minimum absolute atomic E-state index is 0.318. The van der Waals surface area contributed by atoms with E-state index >= 15 is 0 Å². The molecule has 134 valence electrons. The zero-order valence-corrected chi connectivity index (χ0v) is 14.8. The van der Waals surface area contributed by atoms with E-state index in [-0.39, 0.29) is 0 Å². The molecule has 0 spiro atoms. The predicted molar refractivity (Wildman–Crippen MR) is 101 cm³/mol. The standard InChI is InChI=1S/C20H17N5O2/c1-12-21-22-18-16-4-2-3-5-17(16)19(23-25(12)18)24-9-8-13-6-7-14(20(26)27)10-15(13)11-24/h2-7,10H,8-9,11H2,1H3,(H,26,27). The van der Waals surface area contributed by atoms with Crippen molar-refractivity contribution in [3.8, 4) is 0 Å². The normalized spacial score (nSPS) is 13.9. The van der Waals surface area contributed by atoms with Crippen molar-refractivity contribution in [1.82, 2.24) is 19.8 Å². The maximum absolute atomic E-state index is 11.3. The summed E-state index contributed by atoms with van der Waals surface area (Å²) >= 11 is 0. The topological polar surface area (TPSA) is 83.6 Å². The molecule has 0 aliphatic carbocycles. The molecule has 0 unspecified atom stereocenters. The van der Waals surface area contributed by atoms with Gasteiger partial charge in [-0.25, -0.2) is 4.79 Å². The number of nitrogens with zero attached hydrogens (tertiary/aromatic N) is 5. The summed E-state index contributed by atoms with van der Waals surface area (Å²) in [6.45, 7) is 3.33. The Morgan fingerprint density at radius 3 is 2.70 bits per heavy atom. The lowest BCUT2D eigenvalue weighted by Gasteiger charge is -2.30. The van der Waals surface area contributed by atoms with Crippen LogP contribution < -0.4 is 4.90 Å². The molecular formula is C20H17N5O2. The van der Waals surface area contributed by atoms with E-state index in [4.69, 9.17) is 5.10 Å². The van der Waals surface area contributed by atoms with Gasteiger partial charge in [-0.2, -0.15) is 4.52 Å². The van der Waals surface area contributed by atoms with E-state index < -0.39 is 5.97 Å². The van der Waals surface area contributed by atoms with Gasteiger partial charge in [0.1, 0.15) is 0 Å². The summed E-state index contributed by atoms with van der Waals surface area (Å²) in [5.41, 5.74) is 3.30. The first-order valence-electron chi connectivity index (χ1n) is 8.82. The summed E-state index contributed by atoms with van der Waals surface area (Å²) in [5, 5.41) is 24.6. The number of carboxylic acids is 1. The van der Waals surface area contributed by atoms with E-state index in [0.29, 0.717) is 12.1 Å². The van der Waals surface area contributed by atoms with Gasteiger partial charge in [0.25, 0.3) is 0 Å². The van der Waals surface area contributed by atoms with Gasteiger partial charge in [-0.15, -0.1) is 15.3 Å². The summed E-state index contributed by atoms with van der Waals surface area (Å²) < 4.78 is 1.78. The highest BCUT2D eigenvalue weighted by Gasteiger charge is 2.22. The number of rotatable bonds is 2. The van der Waals surface area contributed by atoms with Crippen molar-refractivity contribution in [2.45, 2.75) is 19.9 Å². The lowest BCUT2D eigenvalue weighted by molar-refractivity contribution is 0.0696. The molecule has 5 rings (SSSR count). The van der Waals surface area contributed by atoms with Crippen LogP contribution in [-0.2, 0) is 13.0 Å². The van der Waals surface area contributed by atoms with Crippen LogP contribution in [0.4, 0.5) is 5.82 Å². The second-order valence-corrected chi connectivity index (χ2v) is 6.81. The highest BCUT2D eigenvalue weighted by Crippen LogP contribution is 2.31. The number of fused-ring (bicyclic) bond motifs is 4. The van der Waals surface area contributed by atoms with Gasteiger partial charge >= 0.3 is 5.97 Å². The molecule has 4 aromatic rings. The van der Waals surface area contributed by atoms with Crippen LogP contribution in [0.25, 0.3) is 16.4 Å². The van der Waals surface area contributed by atoms with Gasteiger partial charge < -0.3 is 10.0 Å². The van der Waals surface area contributed by atoms with Gasteiger partial charge in [0.15, 0.2) is 17.3 Å². The molecule has 3 heterocycles. The lowest BCUT2D eigenvalue weighted by Crippen LogP contribution is -2.32. The molecule has 7 nitrogen and oxygen atoms in total. The van der Waals surface area contributed by atoms with Crippen molar-refractivity contribution < 1.29 is 9.90 Å². The van der Waals surface area contributed by atoms with Gasteiger partial charge in [0, 0.05) is 23.9 Å². The molecule has 1 N–H and O–H groups in total. The molecule has 0 atom stereocenters. The van der Waals surface area contributed by atoms with E-state index in [1.807, 2.05) is 37.3 Å². The second kappa shape index (κ2) is 5.77. The number of anilines is 1. The Hall–Kier alpha value is -3.48. The SMILES string of the molecule is Cc1nnc2c3ccccc3c(N3CCc4ccc(C(=O)O)cc4C3)nn12. The quantitative estimate of drug-likeness (QED) is 0.592. The minimum atomic E-state index is -0.903. The fourth-order valence-electron chi connectivity index (χ4n) is 3.77. The van der Waals surface area contributed by atoms with Crippen LogP contribution in [0.1, 0.15) is 27.3 Å². The highest BCUT2D eigenvalue weighted by molar-refractivity contribution is 6.00. The number of hydrogen-bond acceptors (Lipinski definition) is 5. The third-order valence-corrected chi connectivity index (χ3v) is 5.17. The van der Waals surface area contributed by atoms with Crippen LogP contribution >= 0.6 is 0 Å². The Morgan fingerprint density at radius 1 is 1.07 bits per heavy atom. The zero-order chi connectivity index (χ0) is 18.5. The van der Waals surface area contributed by atoms with Crippen molar-refractivity contribution in [1.29, 1.82) is 0 Å².